The molecule has 1 aromatic carbocycles. The Labute approximate surface area is 169 Å². The van der Waals surface area contributed by atoms with Crippen LogP contribution in [0, 0.1) is 17.6 Å². The second-order valence-electron chi connectivity index (χ2n) is 7.17. The Balaban J connectivity index is 2.09. The molecule has 1 saturated heterocycles. The quantitative estimate of drug-likeness (QED) is 0.729. The van der Waals surface area contributed by atoms with Crippen molar-refractivity contribution in [2.24, 2.45) is 5.92 Å². The number of hydrogen-bond acceptors (Lipinski definition) is 4. The van der Waals surface area contributed by atoms with Gasteiger partial charge in [0, 0.05) is 35.5 Å². The standard InChI is InChI=1S/C20H19F5N2O3/c1-10-14(12-4-5-13(21)15(22)16(12)29-3)17(30-19(10,2)20(23,24)25)18(28)27-11-6-8-26-9-7-11/h4-10,14,17H,1-3H3,(H,26,27,28)/t10-,14-,17+,19+/m0/s1. The number of nitrogens with zero attached hydrogens (tertiary/aromatic N) is 1. The van der Waals surface area contributed by atoms with Crippen LogP contribution in [0.2, 0.25) is 0 Å². The van der Waals surface area contributed by atoms with Gasteiger partial charge in [0.2, 0.25) is 5.82 Å². The number of carbonyl (C=O) groups excluding carboxylic acids is 1. The van der Waals surface area contributed by atoms with E-state index in [1.54, 1.807) is 0 Å². The van der Waals surface area contributed by atoms with E-state index in [1.807, 2.05) is 0 Å². The van der Waals surface area contributed by atoms with E-state index in [0.717, 1.165) is 26.2 Å². The Hall–Kier alpha value is -2.75. The topological polar surface area (TPSA) is 60.5 Å². The number of nitrogens with one attached hydrogen (secondary N) is 1. The van der Waals surface area contributed by atoms with Crippen LogP contribution in [0.1, 0.15) is 25.3 Å². The smallest absolute Gasteiger partial charge is 0.417 e. The first kappa shape index (κ1) is 21.9. The van der Waals surface area contributed by atoms with E-state index in [1.165, 1.54) is 31.5 Å². The normalized spacial score (nSPS) is 26.5. The van der Waals surface area contributed by atoms with E-state index >= 15 is 0 Å². The summed E-state index contributed by atoms with van der Waals surface area (Å²) >= 11 is 0. The first-order chi connectivity index (χ1) is 14.0. The number of carbonyl (C=O) groups is 1. The molecule has 1 amide bonds. The molecule has 4 atom stereocenters. The number of halogens is 5. The Morgan fingerprint density at radius 3 is 2.40 bits per heavy atom. The molecule has 10 heteroatoms. The molecule has 1 aromatic heterocycles. The van der Waals surface area contributed by atoms with Crippen molar-refractivity contribution in [3.63, 3.8) is 0 Å². The highest BCUT2D eigenvalue weighted by Gasteiger charge is 2.65. The lowest BCUT2D eigenvalue weighted by atomic mass is 9.77. The first-order valence-electron chi connectivity index (χ1n) is 8.98. The maximum atomic E-state index is 14.3. The summed E-state index contributed by atoms with van der Waals surface area (Å²) in [5.41, 5.74) is -2.50. The van der Waals surface area contributed by atoms with Crippen LogP contribution in [-0.4, -0.2) is 35.9 Å². The predicted molar refractivity (Wildman–Crippen MR) is 97.0 cm³/mol. The van der Waals surface area contributed by atoms with Crippen LogP contribution in [0.15, 0.2) is 36.7 Å². The molecule has 1 N–H and O–H groups in total. The number of rotatable bonds is 4. The minimum absolute atomic E-state index is 0.0910. The molecular weight excluding hydrogens is 411 g/mol. The van der Waals surface area contributed by atoms with Gasteiger partial charge in [-0.05, 0) is 25.1 Å². The average molecular weight is 430 g/mol. The second kappa shape index (κ2) is 7.82. The zero-order valence-corrected chi connectivity index (χ0v) is 16.3. The SMILES string of the molecule is COc1c([C@H]2[C@H](C(=O)Nc3ccncc3)O[C@@](C)(C(F)(F)F)[C@H]2C)ccc(F)c1F. The zero-order valence-electron chi connectivity index (χ0n) is 16.3. The highest BCUT2D eigenvalue weighted by atomic mass is 19.4. The fourth-order valence-corrected chi connectivity index (χ4v) is 3.69. The van der Waals surface area contributed by atoms with Gasteiger partial charge in [0.05, 0.1) is 7.11 Å². The first-order valence-corrected chi connectivity index (χ1v) is 8.98. The number of aromatic nitrogens is 1. The van der Waals surface area contributed by atoms with E-state index in [4.69, 9.17) is 9.47 Å². The van der Waals surface area contributed by atoms with Crippen LogP contribution in [0.4, 0.5) is 27.6 Å². The van der Waals surface area contributed by atoms with Gasteiger partial charge in [0.1, 0.15) is 6.10 Å². The highest BCUT2D eigenvalue weighted by Crippen LogP contribution is 2.54. The maximum Gasteiger partial charge on any atom is 0.417 e. The van der Waals surface area contributed by atoms with Gasteiger partial charge in [-0.15, -0.1) is 0 Å². The Morgan fingerprint density at radius 2 is 1.83 bits per heavy atom. The number of hydrogen-bond donors (Lipinski definition) is 1. The summed E-state index contributed by atoms with van der Waals surface area (Å²) in [6, 6.07) is 4.79. The van der Waals surface area contributed by atoms with Crippen LogP contribution in [0.25, 0.3) is 0 Å². The number of benzene rings is 1. The zero-order chi connectivity index (χ0) is 22.3. The van der Waals surface area contributed by atoms with Crippen molar-refractivity contribution >= 4 is 11.6 Å². The molecule has 2 aromatic rings. The molecule has 0 bridgehead atoms. The van der Waals surface area contributed by atoms with E-state index < -0.39 is 53.0 Å². The minimum Gasteiger partial charge on any atom is -0.493 e. The number of methoxy groups -OCH3 is 1. The molecule has 0 aliphatic carbocycles. The highest BCUT2D eigenvalue weighted by molar-refractivity contribution is 5.95. The number of pyridine rings is 1. The van der Waals surface area contributed by atoms with E-state index in [-0.39, 0.29) is 5.56 Å². The van der Waals surface area contributed by atoms with E-state index in [0.29, 0.717) is 5.69 Å². The molecule has 0 radical (unpaired) electrons. The number of ether oxygens (including phenoxy) is 2. The van der Waals surface area contributed by atoms with Crippen LogP contribution in [-0.2, 0) is 9.53 Å². The third-order valence-electron chi connectivity index (χ3n) is 5.52. The molecule has 1 aliphatic rings. The monoisotopic (exact) mass is 430 g/mol. The van der Waals surface area contributed by atoms with Crippen molar-refractivity contribution in [3.8, 4) is 5.75 Å². The van der Waals surface area contributed by atoms with Gasteiger partial charge in [0.25, 0.3) is 5.91 Å². The van der Waals surface area contributed by atoms with Crippen LogP contribution < -0.4 is 10.1 Å². The third-order valence-corrected chi connectivity index (χ3v) is 5.52. The van der Waals surface area contributed by atoms with Gasteiger partial charge in [-0.25, -0.2) is 4.39 Å². The van der Waals surface area contributed by atoms with E-state index in [9.17, 15) is 26.7 Å². The molecular formula is C20H19F5N2O3. The van der Waals surface area contributed by atoms with Crippen molar-refractivity contribution in [2.75, 3.05) is 12.4 Å². The van der Waals surface area contributed by atoms with E-state index in [2.05, 4.69) is 10.3 Å². The minimum atomic E-state index is -4.82. The van der Waals surface area contributed by atoms with Crippen molar-refractivity contribution < 1.29 is 36.2 Å². The van der Waals surface area contributed by atoms with Gasteiger partial charge in [-0.1, -0.05) is 13.0 Å². The summed E-state index contributed by atoms with van der Waals surface area (Å²) in [4.78, 5) is 16.7. The van der Waals surface area contributed by atoms with Gasteiger partial charge < -0.3 is 14.8 Å². The second-order valence-corrected chi connectivity index (χ2v) is 7.17. The van der Waals surface area contributed by atoms with Gasteiger partial charge in [-0.2, -0.15) is 17.6 Å². The molecule has 1 aliphatic heterocycles. The molecule has 1 fully saturated rings. The molecule has 3 rings (SSSR count). The van der Waals surface area contributed by atoms with Crippen molar-refractivity contribution in [1.82, 2.24) is 4.98 Å². The summed E-state index contributed by atoms with van der Waals surface area (Å²) < 4.78 is 79.7. The molecule has 0 spiro atoms. The van der Waals surface area contributed by atoms with Gasteiger partial charge >= 0.3 is 6.18 Å². The maximum absolute atomic E-state index is 14.3. The summed E-state index contributed by atoms with van der Waals surface area (Å²) in [7, 11) is 1.07. The summed E-state index contributed by atoms with van der Waals surface area (Å²) in [5, 5.41) is 2.48. The number of amides is 1. The van der Waals surface area contributed by atoms with Crippen LogP contribution in [0.5, 0.6) is 5.75 Å². The Kier molecular flexibility index (Phi) is 5.72. The van der Waals surface area contributed by atoms with Crippen molar-refractivity contribution in [1.29, 1.82) is 0 Å². The number of anilines is 1. The lowest BCUT2D eigenvalue weighted by molar-refractivity contribution is -0.272. The molecule has 162 valence electrons. The molecule has 5 nitrogen and oxygen atoms in total. The molecule has 0 saturated carbocycles. The lowest BCUT2D eigenvalue weighted by Gasteiger charge is -2.32. The fraction of sp³-hybridized carbons (Fsp3) is 0.400. The Morgan fingerprint density at radius 1 is 1.20 bits per heavy atom. The fourth-order valence-electron chi connectivity index (χ4n) is 3.69. The predicted octanol–water partition coefficient (Wildman–Crippen LogP) is 4.45. The molecule has 2 heterocycles. The largest absolute Gasteiger partial charge is 0.493 e. The third kappa shape index (κ3) is 3.60. The Bertz CT molecular complexity index is 938. The summed E-state index contributed by atoms with van der Waals surface area (Å²) in [5.74, 6) is -6.58. The van der Waals surface area contributed by atoms with Crippen molar-refractivity contribution in [2.45, 2.75) is 37.6 Å². The van der Waals surface area contributed by atoms with Crippen molar-refractivity contribution in [3.05, 3.63) is 53.9 Å². The van der Waals surface area contributed by atoms with Crippen LogP contribution in [0.3, 0.4) is 0 Å². The lowest BCUT2D eigenvalue weighted by Crippen LogP contribution is -2.47. The summed E-state index contributed by atoms with van der Waals surface area (Å²) in [6.07, 6.45) is -3.67. The average Bonchev–Trinajstić information content (AvgIpc) is 2.97. The summed E-state index contributed by atoms with van der Waals surface area (Å²) in [6.45, 7) is 2.08. The van der Waals surface area contributed by atoms with Gasteiger partial charge in [0.15, 0.2) is 17.2 Å². The molecule has 30 heavy (non-hydrogen) atoms. The van der Waals surface area contributed by atoms with Gasteiger partial charge in [-0.3, -0.25) is 9.78 Å². The van der Waals surface area contributed by atoms with Crippen LogP contribution >= 0.6 is 0 Å². The number of alkyl halides is 3. The molecule has 0 unspecified atom stereocenters.